The molecule has 1 atom stereocenters. The van der Waals surface area contributed by atoms with Crippen molar-refractivity contribution < 1.29 is 17.9 Å². The van der Waals surface area contributed by atoms with Crippen molar-refractivity contribution in [1.29, 1.82) is 0 Å². The van der Waals surface area contributed by atoms with Crippen LogP contribution in [0.5, 0.6) is 0 Å². The van der Waals surface area contributed by atoms with Crippen molar-refractivity contribution in [3.05, 3.63) is 29.8 Å². The van der Waals surface area contributed by atoms with Crippen molar-refractivity contribution in [2.75, 3.05) is 17.3 Å². The molecule has 0 bridgehead atoms. The topological polar surface area (TPSA) is 91.2 Å². The smallest absolute Gasteiger partial charge is 0.316 e. The second kappa shape index (κ2) is 7.17. The SMILES string of the molecule is Cc1ccccc1-c1nnc(SCC(=O)O[C@@H]2CCS(=O)(=O)C2)n1C. The van der Waals surface area contributed by atoms with E-state index in [2.05, 4.69) is 10.2 Å². The summed E-state index contributed by atoms with van der Waals surface area (Å²) in [6.07, 6.45) is -0.153. The van der Waals surface area contributed by atoms with Gasteiger partial charge in [-0.1, -0.05) is 36.0 Å². The van der Waals surface area contributed by atoms with E-state index in [9.17, 15) is 13.2 Å². The summed E-state index contributed by atoms with van der Waals surface area (Å²) in [4.78, 5) is 11.9. The molecular formula is C16H19N3O4S2. The number of benzene rings is 1. The third-order valence-corrected chi connectivity index (χ3v) is 6.76. The number of aromatic nitrogens is 3. The monoisotopic (exact) mass is 381 g/mol. The number of aryl methyl sites for hydroxylation is 1. The molecule has 2 heterocycles. The molecule has 2 aromatic rings. The molecular weight excluding hydrogens is 362 g/mol. The van der Waals surface area contributed by atoms with Gasteiger partial charge in [0.2, 0.25) is 0 Å². The summed E-state index contributed by atoms with van der Waals surface area (Å²) in [5.74, 6) is 0.366. The molecule has 0 unspecified atom stereocenters. The standard InChI is InChI=1S/C16H19N3O4S2/c1-11-5-3-4-6-13(11)15-17-18-16(19(15)2)24-9-14(20)23-12-7-8-25(21,22)10-12/h3-6,12H,7-10H2,1-2H3/t12-/m1/s1. The lowest BCUT2D eigenvalue weighted by Gasteiger charge is -2.10. The first-order valence-electron chi connectivity index (χ1n) is 7.84. The first kappa shape index (κ1) is 17.9. The van der Waals surface area contributed by atoms with E-state index in [1.54, 1.807) is 0 Å². The maximum Gasteiger partial charge on any atom is 0.316 e. The van der Waals surface area contributed by atoms with E-state index < -0.39 is 21.9 Å². The Morgan fingerprint density at radius 3 is 2.80 bits per heavy atom. The van der Waals surface area contributed by atoms with Gasteiger partial charge in [-0.25, -0.2) is 8.42 Å². The number of nitrogens with zero attached hydrogens (tertiary/aromatic N) is 3. The van der Waals surface area contributed by atoms with Crippen LogP contribution < -0.4 is 0 Å². The lowest BCUT2D eigenvalue weighted by atomic mass is 10.1. The Labute approximate surface area is 150 Å². The Morgan fingerprint density at radius 1 is 1.36 bits per heavy atom. The molecule has 1 saturated heterocycles. The number of sulfone groups is 1. The van der Waals surface area contributed by atoms with Crippen LogP contribution >= 0.6 is 11.8 Å². The molecule has 3 rings (SSSR count). The number of carbonyl (C=O) groups is 1. The van der Waals surface area contributed by atoms with Gasteiger partial charge in [-0.05, 0) is 18.9 Å². The van der Waals surface area contributed by atoms with E-state index >= 15 is 0 Å². The van der Waals surface area contributed by atoms with E-state index in [0.717, 1.165) is 17.0 Å². The van der Waals surface area contributed by atoms with Crippen LogP contribution in [0.2, 0.25) is 0 Å². The highest BCUT2D eigenvalue weighted by Crippen LogP contribution is 2.25. The normalized spacial score (nSPS) is 19.0. The molecule has 1 aromatic heterocycles. The number of rotatable bonds is 5. The summed E-state index contributed by atoms with van der Waals surface area (Å²) in [6, 6.07) is 7.88. The van der Waals surface area contributed by atoms with Crippen LogP contribution in [0.15, 0.2) is 29.4 Å². The first-order valence-corrected chi connectivity index (χ1v) is 10.6. The molecule has 0 amide bonds. The molecule has 0 spiro atoms. The summed E-state index contributed by atoms with van der Waals surface area (Å²) in [5, 5.41) is 8.95. The highest BCUT2D eigenvalue weighted by atomic mass is 32.2. The largest absolute Gasteiger partial charge is 0.461 e. The Bertz CT molecular complexity index is 893. The molecule has 9 heteroatoms. The lowest BCUT2D eigenvalue weighted by molar-refractivity contribution is -0.144. The molecule has 0 saturated carbocycles. The highest BCUT2D eigenvalue weighted by molar-refractivity contribution is 7.99. The van der Waals surface area contributed by atoms with Gasteiger partial charge in [0.15, 0.2) is 20.8 Å². The Morgan fingerprint density at radius 2 is 2.12 bits per heavy atom. The van der Waals surface area contributed by atoms with Crippen molar-refractivity contribution in [2.45, 2.75) is 24.6 Å². The van der Waals surface area contributed by atoms with Crippen LogP contribution in [0.25, 0.3) is 11.4 Å². The zero-order valence-electron chi connectivity index (χ0n) is 14.0. The minimum atomic E-state index is -3.06. The van der Waals surface area contributed by atoms with Gasteiger partial charge in [0.1, 0.15) is 6.10 Å². The van der Waals surface area contributed by atoms with Crippen LogP contribution in [-0.2, 0) is 26.4 Å². The average Bonchev–Trinajstić information content (AvgIpc) is 3.08. The van der Waals surface area contributed by atoms with Crippen LogP contribution in [0.1, 0.15) is 12.0 Å². The van der Waals surface area contributed by atoms with Crippen LogP contribution in [0.4, 0.5) is 0 Å². The summed E-state index contributed by atoms with van der Waals surface area (Å²) < 4.78 is 29.8. The van der Waals surface area contributed by atoms with Crippen molar-refractivity contribution in [1.82, 2.24) is 14.8 Å². The van der Waals surface area contributed by atoms with Gasteiger partial charge in [0.05, 0.1) is 17.3 Å². The fourth-order valence-corrected chi connectivity index (χ4v) is 4.98. The van der Waals surface area contributed by atoms with Crippen molar-refractivity contribution in [3.8, 4) is 11.4 Å². The quantitative estimate of drug-likeness (QED) is 0.574. The molecule has 0 N–H and O–H groups in total. The molecule has 0 aliphatic carbocycles. The van der Waals surface area contributed by atoms with Gasteiger partial charge in [-0.15, -0.1) is 10.2 Å². The number of hydrogen-bond donors (Lipinski definition) is 0. The summed E-state index contributed by atoms with van der Waals surface area (Å²) in [6.45, 7) is 2.00. The Balaban J connectivity index is 1.61. The minimum Gasteiger partial charge on any atom is -0.461 e. The van der Waals surface area contributed by atoms with Gasteiger partial charge in [0, 0.05) is 12.6 Å². The van der Waals surface area contributed by atoms with Crippen LogP contribution in [0.3, 0.4) is 0 Å². The van der Waals surface area contributed by atoms with Gasteiger partial charge in [-0.2, -0.15) is 0 Å². The van der Waals surface area contributed by atoms with Crippen molar-refractivity contribution in [2.24, 2.45) is 7.05 Å². The highest BCUT2D eigenvalue weighted by Gasteiger charge is 2.30. The molecule has 134 valence electrons. The van der Waals surface area contributed by atoms with Gasteiger partial charge < -0.3 is 9.30 Å². The summed E-state index contributed by atoms with van der Waals surface area (Å²) >= 11 is 1.23. The molecule has 25 heavy (non-hydrogen) atoms. The number of thioether (sulfide) groups is 1. The number of carbonyl (C=O) groups excluding carboxylic acids is 1. The fraction of sp³-hybridized carbons (Fsp3) is 0.438. The van der Waals surface area contributed by atoms with E-state index in [-0.39, 0.29) is 17.3 Å². The molecule has 0 radical (unpaired) electrons. The Kier molecular flexibility index (Phi) is 5.14. The second-order valence-corrected chi connectivity index (χ2v) is 9.15. The fourth-order valence-electron chi connectivity index (χ4n) is 2.70. The lowest BCUT2D eigenvalue weighted by Crippen LogP contribution is -2.20. The summed E-state index contributed by atoms with van der Waals surface area (Å²) in [5.41, 5.74) is 2.08. The van der Waals surface area contributed by atoms with E-state index in [1.165, 1.54) is 11.8 Å². The minimum absolute atomic E-state index is 0.0658. The maximum atomic E-state index is 11.9. The molecule has 1 fully saturated rings. The van der Waals surface area contributed by atoms with Crippen molar-refractivity contribution in [3.63, 3.8) is 0 Å². The van der Waals surface area contributed by atoms with E-state index in [4.69, 9.17) is 4.74 Å². The third kappa shape index (κ3) is 4.21. The van der Waals surface area contributed by atoms with Crippen molar-refractivity contribution >= 4 is 27.6 Å². The average molecular weight is 381 g/mol. The third-order valence-electron chi connectivity index (χ3n) is 4.03. The van der Waals surface area contributed by atoms with Gasteiger partial charge in [-0.3, -0.25) is 4.79 Å². The van der Waals surface area contributed by atoms with Crippen LogP contribution in [0, 0.1) is 6.92 Å². The maximum absolute atomic E-state index is 11.9. The molecule has 1 aliphatic rings. The van der Waals surface area contributed by atoms with E-state index in [0.29, 0.717) is 11.6 Å². The second-order valence-electron chi connectivity index (χ2n) is 5.98. The van der Waals surface area contributed by atoms with Gasteiger partial charge >= 0.3 is 5.97 Å². The van der Waals surface area contributed by atoms with E-state index in [1.807, 2.05) is 42.8 Å². The summed E-state index contributed by atoms with van der Waals surface area (Å²) in [7, 11) is -1.21. The predicted octanol–water partition coefficient (Wildman–Crippen LogP) is 1.61. The predicted molar refractivity (Wildman–Crippen MR) is 95.1 cm³/mol. The van der Waals surface area contributed by atoms with Gasteiger partial charge in [0.25, 0.3) is 0 Å². The first-order chi connectivity index (χ1) is 11.9. The van der Waals surface area contributed by atoms with Crippen LogP contribution in [-0.4, -0.2) is 52.5 Å². The number of ether oxygens (including phenoxy) is 1. The molecule has 1 aromatic carbocycles. The Hall–Kier alpha value is -1.87. The number of hydrogen-bond acceptors (Lipinski definition) is 7. The zero-order chi connectivity index (χ0) is 18.0. The molecule has 7 nitrogen and oxygen atoms in total. The number of esters is 1. The zero-order valence-corrected chi connectivity index (χ0v) is 15.6. The molecule has 1 aliphatic heterocycles.